The van der Waals surface area contributed by atoms with Crippen LogP contribution in [0.15, 0.2) is 48.5 Å². The van der Waals surface area contributed by atoms with Crippen LogP contribution in [-0.4, -0.2) is 39.4 Å². The Bertz CT molecular complexity index is 751. The number of carbonyl (C=O) groups excluding carboxylic acids is 2. The zero-order chi connectivity index (χ0) is 19.8. The molecule has 0 radical (unpaired) electrons. The minimum atomic E-state index is -1.26. The van der Waals surface area contributed by atoms with E-state index in [1.807, 2.05) is 0 Å². The van der Waals surface area contributed by atoms with Crippen molar-refractivity contribution < 1.29 is 33.6 Å². The van der Waals surface area contributed by atoms with Crippen molar-refractivity contribution in [3.8, 4) is 11.5 Å². The average Bonchev–Trinajstić information content (AvgIpc) is 2.71. The molecule has 2 unspecified atom stereocenters. The second-order valence-electron chi connectivity index (χ2n) is 5.55. The molecule has 0 aromatic heterocycles. The van der Waals surface area contributed by atoms with Gasteiger partial charge in [-0.1, -0.05) is 36.4 Å². The minimum absolute atomic E-state index is 0.146. The van der Waals surface area contributed by atoms with E-state index in [9.17, 15) is 9.59 Å². The second kappa shape index (κ2) is 9.70. The molecule has 144 valence electrons. The van der Waals surface area contributed by atoms with Crippen molar-refractivity contribution in [2.45, 2.75) is 19.1 Å². The molecule has 0 heterocycles. The van der Waals surface area contributed by atoms with E-state index >= 15 is 0 Å². The highest BCUT2D eigenvalue weighted by atomic mass is 17.2. The van der Waals surface area contributed by atoms with Crippen LogP contribution in [0.1, 0.15) is 28.8 Å². The van der Waals surface area contributed by atoms with Crippen LogP contribution in [0.25, 0.3) is 0 Å². The number of rotatable bonds is 9. The quantitative estimate of drug-likeness (QED) is 0.219. The summed E-state index contributed by atoms with van der Waals surface area (Å²) in [6, 6.07) is 13.5. The average molecular weight is 374 g/mol. The fourth-order valence-electron chi connectivity index (χ4n) is 2.48. The largest absolute Gasteiger partial charge is 0.496 e. The van der Waals surface area contributed by atoms with Crippen molar-refractivity contribution in [3.63, 3.8) is 0 Å². The van der Waals surface area contributed by atoms with Crippen molar-refractivity contribution in [1.29, 1.82) is 0 Å². The molecular weight excluding hydrogens is 352 g/mol. The monoisotopic (exact) mass is 374 g/mol. The number of carbonyl (C=O) groups is 2. The molecule has 0 saturated carbocycles. The highest BCUT2D eigenvalue weighted by Crippen LogP contribution is 2.34. The van der Waals surface area contributed by atoms with Crippen LogP contribution >= 0.6 is 0 Å². The molecule has 2 aromatic rings. The molecule has 0 N–H and O–H groups in total. The zero-order valence-corrected chi connectivity index (χ0v) is 15.6. The molecule has 0 bridgehead atoms. The molecule has 27 heavy (non-hydrogen) atoms. The highest BCUT2D eigenvalue weighted by molar-refractivity contribution is 6.15. The van der Waals surface area contributed by atoms with Crippen LogP contribution in [0, 0.1) is 0 Å². The number of hydrogen-bond acceptors (Lipinski definition) is 7. The van der Waals surface area contributed by atoms with E-state index in [2.05, 4.69) is 0 Å². The molecule has 2 aromatic carbocycles. The van der Waals surface area contributed by atoms with Crippen molar-refractivity contribution in [2.24, 2.45) is 0 Å². The summed E-state index contributed by atoms with van der Waals surface area (Å²) < 4.78 is 15.5. The van der Waals surface area contributed by atoms with Crippen molar-refractivity contribution in [3.05, 3.63) is 59.7 Å². The van der Waals surface area contributed by atoms with Gasteiger partial charge in [-0.05, 0) is 24.6 Å². The molecule has 0 aliphatic rings. The third kappa shape index (κ3) is 4.84. The van der Waals surface area contributed by atoms with Crippen LogP contribution in [0.2, 0.25) is 0 Å². The summed E-state index contributed by atoms with van der Waals surface area (Å²) in [7, 11) is 4.27. The van der Waals surface area contributed by atoms with Gasteiger partial charge in [0, 0.05) is 7.11 Å². The predicted octanol–water partition coefficient (Wildman–Crippen LogP) is 3.14. The third-order valence-corrected chi connectivity index (χ3v) is 3.90. The highest BCUT2D eigenvalue weighted by Gasteiger charge is 2.35. The fraction of sp³-hybridized carbons (Fsp3) is 0.300. The maximum Gasteiger partial charge on any atom is 0.357 e. The van der Waals surface area contributed by atoms with E-state index in [0.717, 1.165) is 0 Å². The summed E-state index contributed by atoms with van der Waals surface area (Å²) in [6.07, 6.45) is -0.777. The fourth-order valence-corrected chi connectivity index (χ4v) is 2.48. The Morgan fingerprint density at radius 1 is 0.852 bits per heavy atom. The molecule has 7 nitrogen and oxygen atoms in total. The molecule has 0 spiro atoms. The van der Waals surface area contributed by atoms with Gasteiger partial charge in [0.2, 0.25) is 0 Å². The van der Waals surface area contributed by atoms with Crippen LogP contribution < -0.4 is 9.47 Å². The molecular formula is C20H22O7. The summed E-state index contributed by atoms with van der Waals surface area (Å²) in [5, 5.41) is 0. The van der Waals surface area contributed by atoms with Gasteiger partial charge in [0.1, 0.15) is 23.0 Å². The Labute approximate surface area is 157 Å². The summed E-state index contributed by atoms with van der Waals surface area (Å²) >= 11 is 0. The molecule has 2 rings (SSSR count). The number of benzene rings is 2. The Hall–Kier alpha value is -2.90. The summed E-state index contributed by atoms with van der Waals surface area (Å²) in [5.74, 6) is -2.09. The van der Waals surface area contributed by atoms with E-state index in [1.54, 1.807) is 55.5 Å². The minimum Gasteiger partial charge on any atom is -0.496 e. The molecule has 0 saturated heterocycles. The van der Waals surface area contributed by atoms with Crippen LogP contribution in [0.3, 0.4) is 0 Å². The summed E-state index contributed by atoms with van der Waals surface area (Å²) in [5.41, 5.74) is 0.599. The number of ketones is 1. The van der Waals surface area contributed by atoms with Crippen molar-refractivity contribution in [2.75, 3.05) is 21.3 Å². The number of Topliss-reactive ketones (excluding diaryl/α,β-unsaturated/α-hetero) is 1. The smallest absolute Gasteiger partial charge is 0.357 e. The Balaban J connectivity index is 2.45. The van der Waals surface area contributed by atoms with Crippen LogP contribution in [0.5, 0.6) is 11.5 Å². The van der Waals surface area contributed by atoms with Crippen molar-refractivity contribution in [1.82, 2.24) is 0 Å². The zero-order valence-electron chi connectivity index (χ0n) is 15.6. The van der Waals surface area contributed by atoms with E-state index < -0.39 is 24.0 Å². The number of ether oxygens (including phenoxy) is 3. The van der Waals surface area contributed by atoms with E-state index in [-0.39, 0.29) is 5.56 Å². The first-order chi connectivity index (χ1) is 13.0. The van der Waals surface area contributed by atoms with Gasteiger partial charge in [-0.25, -0.2) is 4.79 Å². The summed E-state index contributed by atoms with van der Waals surface area (Å²) in [4.78, 5) is 35.7. The van der Waals surface area contributed by atoms with E-state index in [1.165, 1.54) is 21.3 Å². The number of methoxy groups -OCH3 is 3. The lowest BCUT2D eigenvalue weighted by molar-refractivity contribution is -0.342. The molecule has 2 atom stereocenters. The summed E-state index contributed by atoms with van der Waals surface area (Å²) in [6.45, 7) is 1.55. The van der Waals surface area contributed by atoms with Crippen LogP contribution in [0.4, 0.5) is 0 Å². The van der Waals surface area contributed by atoms with Gasteiger partial charge in [-0.15, -0.1) is 0 Å². The van der Waals surface area contributed by atoms with Gasteiger partial charge < -0.3 is 14.2 Å². The first-order valence-corrected chi connectivity index (χ1v) is 8.23. The van der Waals surface area contributed by atoms with Gasteiger partial charge in [-0.2, -0.15) is 4.89 Å². The normalized spacial score (nSPS) is 12.7. The van der Waals surface area contributed by atoms with Gasteiger partial charge in [-0.3, -0.25) is 9.68 Å². The lowest BCUT2D eigenvalue weighted by Crippen LogP contribution is -2.27. The molecule has 0 amide bonds. The maximum atomic E-state index is 13.3. The molecule has 0 fully saturated rings. The van der Waals surface area contributed by atoms with E-state index in [0.29, 0.717) is 17.1 Å². The Morgan fingerprint density at radius 3 is 1.96 bits per heavy atom. The number of hydrogen-bond donors (Lipinski definition) is 0. The van der Waals surface area contributed by atoms with Crippen LogP contribution in [-0.2, 0) is 19.3 Å². The second-order valence-corrected chi connectivity index (χ2v) is 5.55. The molecule has 0 aliphatic carbocycles. The molecule has 0 aliphatic heterocycles. The first kappa shape index (κ1) is 20.4. The lowest BCUT2D eigenvalue weighted by Gasteiger charge is -2.18. The first-order valence-electron chi connectivity index (χ1n) is 8.23. The Kier molecular flexibility index (Phi) is 7.34. The van der Waals surface area contributed by atoms with Crippen molar-refractivity contribution >= 4 is 11.8 Å². The maximum absolute atomic E-state index is 13.3. The van der Waals surface area contributed by atoms with Gasteiger partial charge >= 0.3 is 5.97 Å². The lowest BCUT2D eigenvalue weighted by atomic mass is 9.90. The SMILES string of the molecule is COc1cccc(OC)c1C(=O)C(C(=O)OOC(C)OC)c1ccccc1. The van der Waals surface area contributed by atoms with Gasteiger partial charge in [0.25, 0.3) is 0 Å². The van der Waals surface area contributed by atoms with Gasteiger partial charge in [0.15, 0.2) is 12.1 Å². The van der Waals surface area contributed by atoms with Gasteiger partial charge in [0.05, 0.1) is 14.2 Å². The predicted molar refractivity (Wildman–Crippen MR) is 96.7 cm³/mol. The molecule has 7 heteroatoms. The topological polar surface area (TPSA) is 80.3 Å². The Morgan fingerprint density at radius 2 is 1.44 bits per heavy atom. The standard InChI is InChI=1S/C20H22O7/c1-13(23-2)26-27-20(22)17(14-9-6-5-7-10-14)19(21)18-15(24-3)11-8-12-16(18)25-4/h5-13,17H,1-4H3. The van der Waals surface area contributed by atoms with E-state index in [4.69, 9.17) is 24.0 Å². The third-order valence-electron chi connectivity index (χ3n) is 3.90.